The molecule has 6 heteroatoms. The van der Waals surface area contributed by atoms with Gasteiger partial charge in [-0.2, -0.15) is 0 Å². The van der Waals surface area contributed by atoms with Crippen LogP contribution in [0.5, 0.6) is 0 Å². The molecule has 0 spiro atoms. The van der Waals surface area contributed by atoms with Gasteiger partial charge in [0.15, 0.2) is 5.78 Å². The maximum Gasteiger partial charge on any atom is 0.246 e. The molecule has 138 valence electrons. The van der Waals surface area contributed by atoms with Gasteiger partial charge in [0.05, 0.1) is 25.0 Å². The predicted molar refractivity (Wildman–Crippen MR) is 97.8 cm³/mol. The topological polar surface area (TPSA) is 61.9 Å². The van der Waals surface area contributed by atoms with E-state index in [0.29, 0.717) is 31.9 Å². The van der Waals surface area contributed by atoms with Crippen molar-refractivity contribution in [1.82, 2.24) is 15.1 Å². The number of unbranched alkanes of at least 4 members (excludes halogenated alkanes) is 1. The van der Waals surface area contributed by atoms with Crippen LogP contribution in [0.2, 0.25) is 0 Å². The molecule has 1 amide bonds. The zero-order chi connectivity index (χ0) is 18.2. The first-order valence-electron chi connectivity index (χ1n) is 8.98. The number of ketones is 1. The van der Waals surface area contributed by atoms with E-state index in [-0.39, 0.29) is 17.8 Å². The standard InChI is InChI=1S/C19H29N3O3/c1-4-5-6-18(16(3)23)22-11-10-21(14-15(22)2)19(24)8-7-17-13-20-9-12-25-17/h6-8,17,20H,2,4-5,9-14H2,1,3H3/b8-7+,18-6-. The molecular formula is C19H29N3O3. The number of amides is 1. The number of hydrogen-bond acceptors (Lipinski definition) is 5. The molecule has 2 rings (SSSR count). The van der Waals surface area contributed by atoms with E-state index in [2.05, 4.69) is 18.8 Å². The molecule has 0 saturated carbocycles. The van der Waals surface area contributed by atoms with E-state index in [1.807, 2.05) is 17.1 Å². The van der Waals surface area contributed by atoms with Crippen molar-refractivity contribution in [1.29, 1.82) is 0 Å². The number of nitrogens with one attached hydrogen (secondary N) is 1. The number of hydrogen-bond donors (Lipinski definition) is 1. The molecule has 25 heavy (non-hydrogen) atoms. The predicted octanol–water partition coefficient (Wildman–Crippen LogP) is 1.46. The molecule has 0 aromatic rings. The molecule has 2 heterocycles. The molecule has 1 unspecified atom stereocenters. The summed E-state index contributed by atoms with van der Waals surface area (Å²) in [6, 6.07) is 0. The Labute approximate surface area is 150 Å². The van der Waals surface area contributed by atoms with Gasteiger partial charge in [-0.15, -0.1) is 0 Å². The third-order valence-corrected chi connectivity index (χ3v) is 4.35. The fraction of sp³-hybridized carbons (Fsp3) is 0.579. The van der Waals surface area contributed by atoms with Gasteiger partial charge in [0.2, 0.25) is 5.91 Å². The monoisotopic (exact) mass is 347 g/mol. The van der Waals surface area contributed by atoms with Gasteiger partial charge in [-0.3, -0.25) is 9.59 Å². The molecule has 2 aliphatic heterocycles. The zero-order valence-electron chi connectivity index (χ0n) is 15.3. The zero-order valence-corrected chi connectivity index (χ0v) is 15.3. The molecule has 1 N–H and O–H groups in total. The molecule has 2 fully saturated rings. The second-order valence-corrected chi connectivity index (χ2v) is 6.38. The minimum Gasteiger partial charge on any atom is -0.371 e. The lowest BCUT2D eigenvalue weighted by Gasteiger charge is -2.38. The summed E-state index contributed by atoms with van der Waals surface area (Å²) in [7, 11) is 0. The summed E-state index contributed by atoms with van der Waals surface area (Å²) >= 11 is 0. The Morgan fingerprint density at radius 3 is 2.80 bits per heavy atom. The number of morpholine rings is 1. The van der Waals surface area contributed by atoms with Gasteiger partial charge in [-0.05, 0) is 12.5 Å². The number of carbonyl (C=O) groups excluding carboxylic acids is 2. The van der Waals surface area contributed by atoms with E-state index in [1.165, 1.54) is 0 Å². The Morgan fingerprint density at radius 2 is 2.20 bits per heavy atom. The lowest BCUT2D eigenvalue weighted by molar-refractivity contribution is -0.126. The molecule has 0 aromatic carbocycles. The van der Waals surface area contributed by atoms with E-state index < -0.39 is 0 Å². The highest BCUT2D eigenvalue weighted by Crippen LogP contribution is 2.19. The van der Waals surface area contributed by atoms with Gasteiger partial charge < -0.3 is 19.9 Å². The Hall–Kier alpha value is -1.92. The molecule has 0 bridgehead atoms. The van der Waals surface area contributed by atoms with Crippen LogP contribution in [0.3, 0.4) is 0 Å². The molecule has 6 nitrogen and oxygen atoms in total. The van der Waals surface area contributed by atoms with Crippen molar-refractivity contribution in [2.75, 3.05) is 39.3 Å². The van der Waals surface area contributed by atoms with Crippen LogP contribution in [-0.2, 0) is 14.3 Å². The molecule has 0 aromatic heterocycles. The van der Waals surface area contributed by atoms with Crippen LogP contribution in [0.1, 0.15) is 26.7 Å². The third kappa shape index (κ3) is 5.54. The van der Waals surface area contributed by atoms with Gasteiger partial charge in [0.1, 0.15) is 0 Å². The van der Waals surface area contributed by atoms with E-state index in [1.54, 1.807) is 17.9 Å². The Bertz CT molecular complexity index is 562. The van der Waals surface area contributed by atoms with Crippen LogP contribution in [0.4, 0.5) is 0 Å². The maximum atomic E-state index is 12.4. The molecule has 1 atom stereocenters. The van der Waals surface area contributed by atoms with Crippen molar-refractivity contribution in [2.45, 2.75) is 32.8 Å². The average Bonchev–Trinajstić information content (AvgIpc) is 2.61. The SMILES string of the molecule is C=C1CN(C(=O)/C=C/C2CNCCO2)CCN1/C(=C\CCC)C(C)=O. The van der Waals surface area contributed by atoms with Crippen molar-refractivity contribution >= 4 is 11.7 Å². The largest absolute Gasteiger partial charge is 0.371 e. The summed E-state index contributed by atoms with van der Waals surface area (Å²) < 4.78 is 5.56. The highest BCUT2D eigenvalue weighted by atomic mass is 16.5. The summed E-state index contributed by atoms with van der Waals surface area (Å²) in [4.78, 5) is 28.0. The lowest BCUT2D eigenvalue weighted by Crippen LogP contribution is -2.47. The first kappa shape index (κ1) is 19.4. The van der Waals surface area contributed by atoms with E-state index >= 15 is 0 Å². The second kappa shape index (κ2) is 9.53. The lowest BCUT2D eigenvalue weighted by atomic mass is 10.1. The summed E-state index contributed by atoms with van der Waals surface area (Å²) in [6.07, 6.45) is 7.16. The molecule has 0 radical (unpaired) electrons. The summed E-state index contributed by atoms with van der Waals surface area (Å²) in [5.74, 6) is -0.00638. The Morgan fingerprint density at radius 1 is 1.40 bits per heavy atom. The molecule has 0 aliphatic carbocycles. The Balaban J connectivity index is 1.93. The maximum absolute atomic E-state index is 12.4. The number of carbonyl (C=O) groups is 2. The van der Waals surface area contributed by atoms with Crippen LogP contribution in [0, 0.1) is 0 Å². The second-order valence-electron chi connectivity index (χ2n) is 6.38. The van der Waals surface area contributed by atoms with Gasteiger partial charge in [-0.25, -0.2) is 0 Å². The van der Waals surface area contributed by atoms with Crippen molar-refractivity contribution in [3.63, 3.8) is 0 Å². The summed E-state index contributed by atoms with van der Waals surface area (Å²) in [5.41, 5.74) is 1.47. The molecular weight excluding hydrogens is 318 g/mol. The first-order chi connectivity index (χ1) is 12.0. The minimum atomic E-state index is -0.0523. The van der Waals surface area contributed by atoms with E-state index in [9.17, 15) is 9.59 Å². The number of piperazine rings is 1. The van der Waals surface area contributed by atoms with Gasteiger partial charge >= 0.3 is 0 Å². The third-order valence-electron chi connectivity index (χ3n) is 4.35. The Kier molecular flexibility index (Phi) is 7.40. The van der Waals surface area contributed by atoms with Crippen LogP contribution in [-0.4, -0.2) is 66.9 Å². The van der Waals surface area contributed by atoms with Crippen molar-refractivity contribution < 1.29 is 14.3 Å². The number of nitrogens with zero attached hydrogens (tertiary/aromatic N) is 2. The first-order valence-corrected chi connectivity index (χ1v) is 8.98. The van der Waals surface area contributed by atoms with Crippen LogP contribution >= 0.6 is 0 Å². The fourth-order valence-corrected chi connectivity index (χ4v) is 2.97. The van der Waals surface area contributed by atoms with Crippen LogP contribution in [0.15, 0.2) is 36.2 Å². The van der Waals surface area contributed by atoms with Crippen molar-refractivity contribution in [3.8, 4) is 0 Å². The average molecular weight is 347 g/mol. The highest BCUT2D eigenvalue weighted by Gasteiger charge is 2.26. The van der Waals surface area contributed by atoms with Crippen molar-refractivity contribution in [3.05, 3.63) is 36.2 Å². The fourth-order valence-electron chi connectivity index (χ4n) is 2.97. The van der Waals surface area contributed by atoms with E-state index in [0.717, 1.165) is 31.6 Å². The number of allylic oxidation sites excluding steroid dienone is 2. The van der Waals surface area contributed by atoms with E-state index in [4.69, 9.17) is 4.74 Å². The van der Waals surface area contributed by atoms with Crippen LogP contribution in [0.25, 0.3) is 0 Å². The highest BCUT2D eigenvalue weighted by molar-refractivity contribution is 5.93. The minimum absolute atomic E-state index is 0.0382. The molecule has 2 saturated heterocycles. The number of rotatable bonds is 6. The normalized spacial score (nSPS) is 22.6. The summed E-state index contributed by atoms with van der Waals surface area (Å²) in [5, 5.41) is 3.23. The molecule has 2 aliphatic rings. The summed E-state index contributed by atoms with van der Waals surface area (Å²) in [6.45, 7) is 11.6. The smallest absolute Gasteiger partial charge is 0.246 e. The quantitative estimate of drug-likeness (QED) is 0.737. The number of Topliss-reactive ketones (excluding diaryl/α,β-unsaturated/α-hetero) is 1. The van der Waals surface area contributed by atoms with Gasteiger partial charge in [0.25, 0.3) is 0 Å². The van der Waals surface area contributed by atoms with Gasteiger partial charge in [0, 0.05) is 44.9 Å². The van der Waals surface area contributed by atoms with Gasteiger partial charge in [-0.1, -0.05) is 26.0 Å². The number of ether oxygens (including phenoxy) is 1. The van der Waals surface area contributed by atoms with Crippen molar-refractivity contribution in [2.24, 2.45) is 0 Å². The van der Waals surface area contributed by atoms with Crippen LogP contribution < -0.4 is 5.32 Å².